The molecule has 0 fully saturated rings. The Balaban J connectivity index is 2.25. The molecule has 0 aliphatic carbocycles. The highest BCUT2D eigenvalue weighted by molar-refractivity contribution is 7.93. The highest BCUT2D eigenvalue weighted by Gasteiger charge is 2.31. The lowest BCUT2D eigenvalue weighted by Gasteiger charge is -2.09. The number of halogens is 3. The van der Waals surface area contributed by atoms with Crippen LogP contribution < -0.4 is 9.83 Å². The second-order valence-corrected chi connectivity index (χ2v) is 7.11. The Hall–Kier alpha value is -2.14. The molecule has 0 atom stereocenters. The van der Waals surface area contributed by atoms with Gasteiger partial charge in [0.05, 0.1) is 10.5 Å². The predicted molar refractivity (Wildman–Crippen MR) is 73.1 cm³/mol. The van der Waals surface area contributed by atoms with Crippen LogP contribution in [-0.2, 0) is 27.4 Å². The number of thiazole rings is 1. The number of rotatable bonds is 5. The first kappa shape index (κ1) is 17.2. The smallest absolute Gasteiger partial charge is 0.416 e. The summed E-state index contributed by atoms with van der Waals surface area (Å²) in [5.41, 5.74) is -1.10. The molecule has 124 valence electrons. The lowest BCUT2D eigenvalue weighted by molar-refractivity contribution is -0.304. The van der Waals surface area contributed by atoms with Gasteiger partial charge in [0.2, 0.25) is 0 Å². The van der Waals surface area contributed by atoms with Crippen molar-refractivity contribution < 1.29 is 31.5 Å². The number of nitrogens with one attached hydrogen (secondary N) is 1. The Kier molecular flexibility index (Phi) is 4.61. The number of hydrogen-bond donors (Lipinski definition) is 1. The highest BCUT2D eigenvalue weighted by Crippen LogP contribution is 2.31. The Morgan fingerprint density at radius 1 is 1.35 bits per heavy atom. The van der Waals surface area contributed by atoms with Crippen molar-refractivity contribution in [3.63, 3.8) is 0 Å². The lowest BCUT2D eigenvalue weighted by atomic mass is 10.2. The van der Waals surface area contributed by atoms with Crippen LogP contribution >= 0.6 is 11.3 Å². The van der Waals surface area contributed by atoms with Gasteiger partial charge in [0.25, 0.3) is 10.0 Å². The molecule has 1 N–H and O–H groups in total. The first-order valence-corrected chi connectivity index (χ1v) is 8.22. The van der Waals surface area contributed by atoms with Crippen LogP contribution in [0.25, 0.3) is 0 Å². The van der Waals surface area contributed by atoms with E-state index in [1.165, 1.54) is 0 Å². The lowest BCUT2D eigenvalue weighted by Crippen LogP contribution is -2.23. The number of aliphatic carboxylic acids is 1. The van der Waals surface area contributed by atoms with E-state index < -0.39 is 39.0 Å². The van der Waals surface area contributed by atoms with E-state index in [0.29, 0.717) is 6.07 Å². The van der Waals surface area contributed by atoms with E-state index in [9.17, 15) is 31.5 Å². The minimum absolute atomic E-state index is 0.154. The molecule has 2 rings (SSSR count). The molecule has 6 nitrogen and oxygen atoms in total. The number of aromatic nitrogens is 1. The van der Waals surface area contributed by atoms with Gasteiger partial charge in [-0.25, -0.2) is 13.4 Å². The summed E-state index contributed by atoms with van der Waals surface area (Å²) in [5, 5.41) is 10.3. The molecule has 0 radical (unpaired) electrons. The van der Waals surface area contributed by atoms with Crippen molar-refractivity contribution in [3.8, 4) is 0 Å². The first-order valence-electron chi connectivity index (χ1n) is 5.92. The molecule has 1 heterocycles. The largest absolute Gasteiger partial charge is 0.550 e. The fourth-order valence-corrected chi connectivity index (χ4v) is 3.68. The van der Waals surface area contributed by atoms with E-state index in [2.05, 4.69) is 4.98 Å². The van der Waals surface area contributed by atoms with E-state index in [1.54, 1.807) is 0 Å². The van der Waals surface area contributed by atoms with Crippen LogP contribution in [-0.4, -0.2) is 19.4 Å². The van der Waals surface area contributed by atoms with Crippen LogP contribution in [0.1, 0.15) is 10.4 Å². The monoisotopic (exact) mass is 365 g/mol. The van der Waals surface area contributed by atoms with Gasteiger partial charge in [0.1, 0.15) is 0 Å². The zero-order valence-corrected chi connectivity index (χ0v) is 12.8. The third-order valence-corrected chi connectivity index (χ3v) is 4.94. The fraction of sp³-hybridized carbons (Fsp3) is 0.167. The Labute approximate surface area is 132 Å². The number of benzene rings is 1. The van der Waals surface area contributed by atoms with Crippen molar-refractivity contribution in [2.75, 3.05) is 4.72 Å². The van der Waals surface area contributed by atoms with E-state index in [0.717, 1.165) is 35.7 Å². The minimum atomic E-state index is -4.67. The molecule has 23 heavy (non-hydrogen) atoms. The number of nitrogens with zero attached hydrogens (tertiary/aromatic N) is 1. The zero-order valence-electron chi connectivity index (χ0n) is 11.1. The van der Waals surface area contributed by atoms with E-state index >= 15 is 0 Å². The Morgan fingerprint density at radius 2 is 2.04 bits per heavy atom. The number of carboxylic acid groups (broad SMARTS) is 1. The average molecular weight is 365 g/mol. The summed E-state index contributed by atoms with van der Waals surface area (Å²) in [4.78, 5) is 13.8. The molecule has 0 aliphatic rings. The number of anilines is 1. The average Bonchev–Trinajstić information content (AvgIpc) is 2.83. The Morgan fingerprint density at radius 3 is 2.65 bits per heavy atom. The molecular weight excluding hydrogens is 357 g/mol. The third kappa shape index (κ3) is 4.42. The van der Waals surface area contributed by atoms with E-state index in [4.69, 9.17) is 0 Å². The molecule has 0 bridgehead atoms. The maximum Gasteiger partial charge on any atom is 0.416 e. The van der Waals surface area contributed by atoms with Crippen LogP contribution in [0.3, 0.4) is 0 Å². The van der Waals surface area contributed by atoms with Crippen molar-refractivity contribution >= 4 is 32.5 Å². The van der Waals surface area contributed by atoms with Crippen LogP contribution in [0.4, 0.5) is 18.3 Å². The van der Waals surface area contributed by atoms with Crippen molar-refractivity contribution in [1.29, 1.82) is 0 Å². The minimum Gasteiger partial charge on any atom is -0.550 e. The molecule has 0 amide bonds. The molecular formula is C12H8F3N2O4S2-. The van der Waals surface area contributed by atoms with Crippen LogP contribution in [0.15, 0.2) is 35.4 Å². The van der Waals surface area contributed by atoms with Gasteiger partial charge in [-0.1, -0.05) is 6.07 Å². The molecule has 11 heteroatoms. The molecule has 0 saturated carbocycles. The summed E-state index contributed by atoms with van der Waals surface area (Å²) in [6.45, 7) is 0. The normalized spacial score (nSPS) is 12.1. The van der Waals surface area contributed by atoms with Gasteiger partial charge in [-0.2, -0.15) is 13.2 Å². The molecule has 1 aromatic carbocycles. The van der Waals surface area contributed by atoms with Crippen LogP contribution in [0.2, 0.25) is 0 Å². The van der Waals surface area contributed by atoms with E-state index in [-0.39, 0.29) is 10.0 Å². The summed E-state index contributed by atoms with van der Waals surface area (Å²) < 4.78 is 64.0. The molecule has 1 aromatic heterocycles. The first-order chi connectivity index (χ1) is 10.6. The van der Waals surface area contributed by atoms with Gasteiger partial charge in [-0.05, 0) is 18.2 Å². The van der Waals surface area contributed by atoms with Gasteiger partial charge in [-0.3, -0.25) is 4.72 Å². The number of hydrogen-bond acceptors (Lipinski definition) is 6. The Bertz CT molecular complexity index is 831. The van der Waals surface area contributed by atoms with Crippen molar-refractivity contribution in [2.24, 2.45) is 0 Å². The maximum absolute atomic E-state index is 12.6. The summed E-state index contributed by atoms with van der Waals surface area (Å²) >= 11 is 0.748. The summed E-state index contributed by atoms with van der Waals surface area (Å²) in [6, 6.07) is 3.23. The summed E-state index contributed by atoms with van der Waals surface area (Å²) in [7, 11) is -4.28. The standard InChI is InChI=1S/C12H9F3N2O4S2/c13-12(14,15)7-2-1-3-9(4-7)23(20,21)17-11-16-6-8(22-11)5-10(18)19/h1-4,6H,5H2,(H,16,17)(H,18,19)/p-1. The molecule has 0 unspecified atom stereocenters. The highest BCUT2D eigenvalue weighted by atomic mass is 32.2. The van der Waals surface area contributed by atoms with Gasteiger partial charge in [0, 0.05) is 23.5 Å². The fourth-order valence-electron chi connectivity index (χ4n) is 1.59. The molecule has 0 saturated heterocycles. The number of alkyl halides is 3. The molecule has 0 aliphatic heterocycles. The predicted octanol–water partition coefficient (Wildman–Crippen LogP) is 1.26. The van der Waals surface area contributed by atoms with Gasteiger partial charge in [0.15, 0.2) is 5.13 Å². The van der Waals surface area contributed by atoms with Crippen molar-refractivity contribution in [1.82, 2.24) is 4.98 Å². The van der Waals surface area contributed by atoms with E-state index in [1.807, 2.05) is 4.72 Å². The van der Waals surface area contributed by atoms with Crippen LogP contribution in [0.5, 0.6) is 0 Å². The SMILES string of the molecule is O=C([O-])Cc1cnc(NS(=O)(=O)c2cccc(C(F)(F)F)c2)s1. The summed E-state index contributed by atoms with van der Waals surface area (Å²) in [5.74, 6) is -1.36. The number of sulfonamides is 1. The van der Waals surface area contributed by atoms with Gasteiger partial charge in [-0.15, -0.1) is 11.3 Å². The topological polar surface area (TPSA) is 99.2 Å². The number of carboxylic acids is 1. The summed E-state index contributed by atoms with van der Waals surface area (Å²) in [6.07, 6.45) is -3.97. The number of carbonyl (C=O) groups is 1. The molecule has 0 spiro atoms. The third-order valence-electron chi connectivity index (χ3n) is 2.57. The zero-order chi connectivity index (χ0) is 17.3. The number of carbonyl (C=O) groups excluding carboxylic acids is 1. The van der Waals surface area contributed by atoms with Gasteiger partial charge >= 0.3 is 6.18 Å². The molecule has 2 aromatic rings. The quantitative estimate of drug-likeness (QED) is 0.860. The second kappa shape index (κ2) is 6.16. The van der Waals surface area contributed by atoms with Gasteiger partial charge < -0.3 is 9.90 Å². The van der Waals surface area contributed by atoms with Crippen molar-refractivity contribution in [3.05, 3.63) is 40.9 Å². The maximum atomic E-state index is 12.6. The van der Waals surface area contributed by atoms with Crippen molar-refractivity contribution in [2.45, 2.75) is 17.5 Å². The van der Waals surface area contributed by atoms with Crippen LogP contribution in [0, 0.1) is 0 Å². The second-order valence-electron chi connectivity index (χ2n) is 4.31.